The predicted molar refractivity (Wildman–Crippen MR) is 204 cm³/mol. The van der Waals surface area contributed by atoms with Crippen molar-refractivity contribution in [2.45, 2.75) is 231 Å². The van der Waals surface area contributed by atoms with Crippen LogP contribution in [0.5, 0.6) is 0 Å². The van der Waals surface area contributed by atoms with Gasteiger partial charge in [0.2, 0.25) is 5.91 Å². The van der Waals surface area contributed by atoms with Gasteiger partial charge in [0.05, 0.1) is 24.9 Å². The lowest BCUT2D eigenvalue weighted by atomic mass is 10.0. The Balaban J connectivity index is 3.71. The van der Waals surface area contributed by atoms with Crippen molar-refractivity contribution < 1.29 is 20.1 Å². The molecule has 0 saturated carbocycles. The van der Waals surface area contributed by atoms with E-state index in [1.165, 1.54) is 154 Å². The van der Waals surface area contributed by atoms with Gasteiger partial charge in [-0.1, -0.05) is 199 Å². The van der Waals surface area contributed by atoms with Gasteiger partial charge in [-0.2, -0.15) is 0 Å². The van der Waals surface area contributed by atoms with Crippen LogP contribution in [0.25, 0.3) is 0 Å². The molecule has 0 spiro atoms. The van der Waals surface area contributed by atoms with E-state index in [0.29, 0.717) is 6.42 Å². The highest BCUT2D eigenvalue weighted by molar-refractivity contribution is 5.76. The summed E-state index contributed by atoms with van der Waals surface area (Å²) in [5.41, 5.74) is 0. The van der Waals surface area contributed by atoms with Crippen LogP contribution in [0.1, 0.15) is 213 Å². The maximum absolute atomic E-state index is 12.3. The molecule has 0 aliphatic rings. The number of nitrogens with one attached hydrogen (secondary N) is 1. The summed E-state index contributed by atoms with van der Waals surface area (Å²) < 4.78 is 0. The summed E-state index contributed by atoms with van der Waals surface area (Å²) in [6.07, 6.45) is 44.3. The van der Waals surface area contributed by atoms with Crippen LogP contribution in [0.4, 0.5) is 0 Å². The molecule has 3 atom stereocenters. The molecule has 47 heavy (non-hydrogen) atoms. The van der Waals surface area contributed by atoms with Crippen LogP contribution in [0, 0.1) is 0 Å². The number of hydrogen-bond acceptors (Lipinski definition) is 4. The van der Waals surface area contributed by atoms with Crippen LogP contribution >= 0.6 is 0 Å². The van der Waals surface area contributed by atoms with Gasteiger partial charge in [-0.05, 0) is 25.7 Å². The van der Waals surface area contributed by atoms with Crippen LogP contribution in [0.3, 0.4) is 0 Å². The summed E-state index contributed by atoms with van der Waals surface area (Å²) in [6, 6.07) is -0.752. The number of rotatable bonds is 37. The van der Waals surface area contributed by atoms with E-state index < -0.39 is 18.2 Å². The van der Waals surface area contributed by atoms with Gasteiger partial charge in [-0.25, -0.2) is 0 Å². The van der Waals surface area contributed by atoms with Crippen molar-refractivity contribution in [2.24, 2.45) is 0 Å². The van der Waals surface area contributed by atoms with Crippen LogP contribution in [-0.4, -0.2) is 46.1 Å². The monoisotopic (exact) mass is 664 g/mol. The Morgan fingerprint density at radius 3 is 1.38 bits per heavy atom. The first-order valence-electron chi connectivity index (χ1n) is 20.6. The average molecular weight is 664 g/mol. The van der Waals surface area contributed by atoms with E-state index in [2.05, 4.69) is 31.3 Å². The van der Waals surface area contributed by atoms with Crippen molar-refractivity contribution in [2.75, 3.05) is 6.61 Å². The van der Waals surface area contributed by atoms with Crippen LogP contribution in [0.2, 0.25) is 0 Å². The molecule has 5 heteroatoms. The molecular formula is C42H81NO4. The van der Waals surface area contributed by atoms with Gasteiger partial charge in [0.15, 0.2) is 0 Å². The van der Waals surface area contributed by atoms with Crippen LogP contribution < -0.4 is 5.32 Å². The summed E-state index contributed by atoms with van der Waals surface area (Å²) in [5.74, 6) is -0.139. The van der Waals surface area contributed by atoms with Gasteiger partial charge in [0.1, 0.15) is 0 Å². The van der Waals surface area contributed by atoms with E-state index in [1.807, 2.05) is 6.08 Å². The number of aliphatic hydroxyl groups is 3. The first-order valence-corrected chi connectivity index (χ1v) is 20.6. The maximum Gasteiger partial charge on any atom is 0.220 e. The quantitative estimate of drug-likeness (QED) is 0.0393. The smallest absolute Gasteiger partial charge is 0.220 e. The van der Waals surface area contributed by atoms with Gasteiger partial charge < -0.3 is 20.6 Å². The molecule has 0 aliphatic carbocycles. The third-order valence-electron chi connectivity index (χ3n) is 9.52. The van der Waals surface area contributed by atoms with Crippen LogP contribution in [-0.2, 0) is 4.79 Å². The third kappa shape index (κ3) is 34.5. The molecule has 4 N–H and O–H groups in total. The SMILES string of the molecule is CCCCCCCCCCCCCCCCC/C=C/C/C=C/[C@H](O)C[C@H](O)[C@H](CO)NC(=O)CCCCCCCCCCCCCC. The number of carbonyl (C=O) groups excluding carboxylic acids is 1. The summed E-state index contributed by atoms with van der Waals surface area (Å²) in [6.45, 7) is 4.19. The average Bonchev–Trinajstić information content (AvgIpc) is 3.06. The number of carbonyl (C=O) groups is 1. The van der Waals surface area contributed by atoms with Gasteiger partial charge in [-0.3, -0.25) is 4.79 Å². The Hall–Kier alpha value is -1.17. The standard InChI is InChI=1S/C42H81NO4/c1-3-5-7-9-11-13-15-17-18-19-20-21-22-23-24-25-27-29-31-33-35-39(45)37-41(46)40(38-44)43-42(47)36-34-32-30-28-26-16-14-12-10-8-6-4-2/h27,29,33,35,39-41,44-46H,3-26,28,30-32,34,36-38H2,1-2H3,(H,43,47)/b29-27+,35-33+/t39-,40-,41-/m0/s1. The molecule has 0 aromatic heterocycles. The molecule has 0 unspecified atom stereocenters. The molecular weight excluding hydrogens is 582 g/mol. The van der Waals surface area contributed by atoms with Crippen molar-refractivity contribution >= 4 is 5.91 Å². The highest BCUT2D eigenvalue weighted by Gasteiger charge is 2.22. The molecule has 278 valence electrons. The number of allylic oxidation sites excluding steroid dienone is 3. The van der Waals surface area contributed by atoms with Crippen molar-refractivity contribution in [3.8, 4) is 0 Å². The fourth-order valence-corrected chi connectivity index (χ4v) is 6.32. The second-order valence-electron chi connectivity index (χ2n) is 14.2. The minimum atomic E-state index is -0.994. The summed E-state index contributed by atoms with van der Waals surface area (Å²) in [5, 5.41) is 33.2. The van der Waals surface area contributed by atoms with Crippen molar-refractivity contribution in [3.63, 3.8) is 0 Å². The largest absolute Gasteiger partial charge is 0.394 e. The van der Waals surface area contributed by atoms with E-state index in [0.717, 1.165) is 32.1 Å². The number of amides is 1. The second kappa shape index (κ2) is 37.6. The van der Waals surface area contributed by atoms with Gasteiger partial charge >= 0.3 is 0 Å². The Labute approximate surface area is 292 Å². The maximum atomic E-state index is 12.3. The minimum Gasteiger partial charge on any atom is -0.394 e. The van der Waals surface area contributed by atoms with Gasteiger partial charge in [0, 0.05) is 12.8 Å². The molecule has 5 nitrogen and oxygen atoms in total. The lowest BCUT2D eigenvalue weighted by molar-refractivity contribution is -0.123. The Bertz CT molecular complexity index is 694. The second-order valence-corrected chi connectivity index (χ2v) is 14.2. The Kier molecular flexibility index (Phi) is 36.7. The van der Waals surface area contributed by atoms with E-state index in [4.69, 9.17) is 0 Å². The first kappa shape index (κ1) is 45.8. The summed E-state index contributed by atoms with van der Waals surface area (Å²) >= 11 is 0. The highest BCUT2D eigenvalue weighted by Crippen LogP contribution is 2.15. The molecule has 0 saturated heterocycles. The fraction of sp³-hybridized carbons (Fsp3) is 0.881. The van der Waals surface area contributed by atoms with Crippen LogP contribution in [0.15, 0.2) is 24.3 Å². The van der Waals surface area contributed by atoms with Crippen molar-refractivity contribution in [1.82, 2.24) is 5.32 Å². The summed E-state index contributed by atoms with van der Waals surface area (Å²) in [4.78, 5) is 12.3. The minimum absolute atomic E-state index is 0.0868. The van der Waals surface area contributed by atoms with Gasteiger partial charge in [-0.15, -0.1) is 0 Å². The zero-order chi connectivity index (χ0) is 34.5. The molecule has 0 heterocycles. The molecule has 1 amide bonds. The lowest BCUT2D eigenvalue weighted by Gasteiger charge is -2.23. The fourth-order valence-electron chi connectivity index (χ4n) is 6.32. The Morgan fingerprint density at radius 1 is 0.553 bits per heavy atom. The number of hydrogen-bond donors (Lipinski definition) is 4. The molecule has 0 radical (unpaired) electrons. The first-order chi connectivity index (χ1) is 23.0. The zero-order valence-corrected chi connectivity index (χ0v) is 31.4. The highest BCUT2D eigenvalue weighted by atomic mass is 16.3. The van der Waals surface area contributed by atoms with Gasteiger partial charge in [0.25, 0.3) is 0 Å². The number of unbranched alkanes of at least 4 members (excludes halogenated alkanes) is 26. The topological polar surface area (TPSA) is 89.8 Å². The van der Waals surface area contributed by atoms with E-state index in [1.54, 1.807) is 6.08 Å². The molecule has 0 aromatic rings. The molecule has 0 aliphatic heterocycles. The third-order valence-corrected chi connectivity index (χ3v) is 9.52. The van der Waals surface area contributed by atoms with E-state index >= 15 is 0 Å². The Morgan fingerprint density at radius 2 is 0.957 bits per heavy atom. The van der Waals surface area contributed by atoms with Crippen molar-refractivity contribution in [1.29, 1.82) is 0 Å². The predicted octanol–water partition coefficient (Wildman–Crippen LogP) is 11.4. The van der Waals surface area contributed by atoms with E-state index in [9.17, 15) is 20.1 Å². The molecule has 0 rings (SSSR count). The molecule has 0 aromatic carbocycles. The number of aliphatic hydroxyl groups excluding tert-OH is 3. The molecule has 0 bridgehead atoms. The lowest BCUT2D eigenvalue weighted by Crippen LogP contribution is -2.46. The molecule has 0 fully saturated rings. The normalized spacial score (nSPS) is 13.9. The zero-order valence-electron chi connectivity index (χ0n) is 31.4. The summed E-state index contributed by atoms with van der Waals surface area (Å²) in [7, 11) is 0. The van der Waals surface area contributed by atoms with E-state index in [-0.39, 0.29) is 18.9 Å². The van der Waals surface area contributed by atoms with Crippen molar-refractivity contribution in [3.05, 3.63) is 24.3 Å².